The summed E-state index contributed by atoms with van der Waals surface area (Å²) in [6, 6.07) is 23.7. The van der Waals surface area contributed by atoms with Crippen LogP contribution in [0, 0.1) is 0 Å². The van der Waals surface area contributed by atoms with E-state index < -0.39 is 0 Å². The van der Waals surface area contributed by atoms with Gasteiger partial charge in [-0.25, -0.2) is 0 Å². The van der Waals surface area contributed by atoms with Crippen LogP contribution in [-0.4, -0.2) is 18.3 Å². The van der Waals surface area contributed by atoms with E-state index in [9.17, 15) is 9.59 Å². The highest BCUT2D eigenvalue weighted by Gasteiger charge is 2.13. The zero-order valence-corrected chi connectivity index (χ0v) is 16.0. The largest absolute Gasteiger partial charge is 0.485 e. The number of nitrogens with one attached hydrogen (secondary N) is 1. The topological polar surface area (TPSA) is 55.4 Å². The molecule has 0 atom stereocenters. The second-order valence-electron chi connectivity index (χ2n) is 6.30. The number of benzene rings is 3. The van der Waals surface area contributed by atoms with Gasteiger partial charge in [-0.1, -0.05) is 66.2 Å². The van der Waals surface area contributed by atoms with Gasteiger partial charge < -0.3 is 10.1 Å². The monoisotopic (exact) mass is 393 g/mol. The van der Waals surface area contributed by atoms with Crippen LogP contribution >= 0.6 is 11.6 Å². The molecule has 0 bridgehead atoms. The SMILES string of the molecule is O=C(COc1ccccc1C(=O)NCc1ccccc1)Cc1ccc(Cl)cc1. The molecule has 3 rings (SSSR count). The quantitative estimate of drug-likeness (QED) is 0.614. The molecule has 142 valence electrons. The lowest BCUT2D eigenvalue weighted by molar-refractivity contribution is -0.120. The van der Waals surface area contributed by atoms with Gasteiger partial charge in [0.15, 0.2) is 5.78 Å². The maximum Gasteiger partial charge on any atom is 0.255 e. The predicted octanol–water partition coefficient (Wildman–Crippen LogP) is 4.46. The number of rotatable bonds is 8. The second-order valence-corrected chi connectivity index (χ2v) is 6.73. The molecule has 0 aliphatic heterocycles. The number of ether oxygens (including phenoxy) is 1. The summed E-state index contributed by atoms with van der Waals surface area (Å²) < 4.78 is 5.63. The Hall–Kier alpha value is -3.11. The van der Waals surface area contributed by atoms with Crippen LogP contribution in [0.2, 0.25) is 5.02 Å². The van der Waals surface area contributed by atoms with Gasteiger partial charge in [-0.2, -0.15) is 0 Å². The van der Waals surface area contributed by atoms with E-state index in [1.165, 1.54) is 0 Å². The molecule has 3 aromatic carbocycles. The zero-order chi connectivity index (χ0) is 19.8. The number of ketones is 1. The van der Waals surface area contributed by atoms with Gasteiger partial charge in [0, 0.05) is 18.0 Å². The molecule has 1 amide bonds. The highest BCUT2D eigenvalue weighted by atomic mass is 35.5. The van der Waals surface area contributed by atoms with E-state index in [1.54, 1.807) is 36.4 Å². The van der Waals surface area contributed by atoms with Crippen LogP contribution in [0.25, 0.3) is 0 Å². The summed E-state index contributed by atoms with van der Waals surface area (Å²) in [7, 11) is 0. The van der Waals surface area contributed by atoms with Crippen molar-refractivity contribution in [1.82, 2.24) is 5.32 Å². The minimum atomic E-state index is -0.246. The first-order chi connectivity index (χ1) is 13.6. The first-order valence-corrected chi connectivity index (χ1v) is 9.30. The number of carbonyl (C=O) groups excluding carboxylic acids is 2. The van der Waals surface area contributed by atoms with Gasteiger partial charge in [-0.15, -0.1) is 0 Å². The van der Waals surface area contributed by atoms with E-state index in [0.29, 0.717) is 22.9 Å². The molecule has 0 spiro atoms. The van der Waals surface area contributed by atoms with Crippen molar-refractivity contribution in [2.75, 3.05) is 6.61 Å². The van der Waals surface area contributed by atoms with Gasteiger partial charge in [0.05, 0.1) is 5.56 Å². The van der Waals surface area contributed by atoms with Gasteiger partial charge in [0.25, 0.3) is 5.91 Å². The van der Waals surface area contributed by atoms with Crippen LogP contribution < -0.4 is 10.1 Å². The van der Waals surface area contributed by atoms with E-state index in [2.05, 4.69) is 5.32 Å². The molecule has 0 saturated heterocycles. The van der Waals surface area contributed by atoms with Crippen LogP contribution in [0.5, 0.6) is 5.75 Å². The van der Waals surface area contributed by atoms with Crippen LogP contribution in [-0.2, 0) is 17.8 Å². The summed E-state index contributed by atoms with van der Waals surface area (Å²) >= 11 is 5.85. The number of amides is 1. The summed E-state index contributed by atoms with van der Waals surface area (Å²) in [5, 5.41) is 3.50. The number of para-hydroxylation sites is 1. The molecule has 0 heterocycles. The molecule has 5 heteroatoms. The lowest BCUT2D eigenvalue weighted by Gasteiger charge is -2.11. The Balaban J connectivity index is 1.57. The Bertz CT molecular complexity index is 940. The Morgan fingerprint density at radius 1 is 0.821 bits per heavy atom. The molecular formula is C23H20ClNO3. The minimum Gasteiger partial charge on any atom is -0.485 e. The van der Waals surface area contributed by atoms with Crippen LogP contribution in [0.15, 0.2) is 78.9 Å². The zero-order valence-electron chi connectivity index (χ0n) is 15.2. The molecule has 0 unspecified atom stereocenters. The van der Waals surface area contributed by atoms with E-state index in [4.69, 9.17) is 16.3 Å². The molecule has 0 aromatic heterocycles. The van der Waals surface area contributed by atoms with Crippen molar-refractivity contribution >= 4 is 23.3 Å². The third-order valence-corrected chi connectivity index (χ3v) is 4.38. The first kappa shape index (κ1) is 19.6. The minimum absolute atomic E-state index is 0.0816. The van der Waals surface area contributed by atoms with Crippen molar-refractivity contribution in [1.29, 1.82) is 0 Å². The van der Waals surface area contributed by atoms with Gasteiger partial charge >= 0.3 is 0 Å². The third kappa shape index (κ3) is 5.69. The number of halogens is 1. The maximum absolute atomic E-state index is 12.5. The predicted molar refractivity (Wildman–Crippen MR) is 110 cm³/mol. The summed E-state index contributed by atoms with van der Waals surface area (Å²) in [6.07, 6.45) is 0.250. The molecule has 28 heavy (non-hydrogen) atoms. The van der Waals surface area contributed by atoms with Gasteiger partial charge in [0.2, 0.25) is 0 Å². The Kier molecular flexibility index (Phi) is 6.82. The molecule has 4 nitrogen and oxygen atoms in total. The normalized spacial score (nSPS) is 10.3. The fourth-order valence-corrected chi connectivity index (χ4v) is 2.82. The highest BCUT2D eigenvalue weighted by Crippen LogP contribution is 2.18. The van der Waals surface area contributed by atoms with Crippen molar-refractivity contribution in [3.63, 3.8) is 0 Å². The Morgan fingerprint density at radius 2 is 1.50 bits per heavy atom. The maximum atomic E-state index is 12.5. The van der Waals surface area contributed by atoms with E-state index in [0.717, 1.165) is 11.1 Å². The molecular weight excluding hydrogens is 374 g/mol. The molecule has 3 aromatic rings. The van der Waals surface area contributed by atoms with Crippen molar-refractivity contribution in [2.45, 2.75) is 13.0 Å². The standard InChI is InChI=1S/C23H20ClNO3/c24-19-12-10-17(11-13-19)14-20(26)16-28-22-9-5-4-8-21(22)23(27)25-15-18-6-2-1-3-7-18/h1-13H,14-16H2,(H,25,27). The Morgan fingerprint density at radius 3 is 2.25 bits per heavy atom. The van der Waals surface area contributed by atoms with E-state index in [-0.39, 0.29) is 24.7 Å². The number of hydrogen-bond donors (Lipinski definition) is 1. The molecule has 0 fully saturated rings. The number of carbonyl (C=O) groups is 2. The molecule has 0 aliphatic carbocycles. The molecule has 0 saturated carbocycles. The van der Waals surface area contributed by atoms with E-state index >= 15 is 0 Å². The van der Waals surface area contributed by atoms with Gasteiger partial charge in [-0.3, -0.25) is 9.59 Å². The summed E-state index contributed by atoms with van der Waals surface area (Å²) in [4.78, 5) is 24.7. The molecule has 1 N–H and O–H groups in total. The smallest absolute Gasteiger partial charge is 0.255 e. The summed E-state index contributed by atoms with van der Waals surface area (Å²) in [6.45, 7) is 0.315. The molecule has 0 aliphatic rings. The van der Waals surface area contributed by atoms with Crippen LogP contribution in [0.3, 0.4) is 0 Å². The lowest BCUT2D eigenvalue weighted by atomic mass is 10.1. The van der Waals surface area contributed by atoms with Gasteiger partial charge in [0.1, 0.15) is 12.4 Å². The number of Topliss-reactive ketones (excluding diaryl/α,β-unsaturated/α-hetero) is 1. The lowest BCUT2D eigenvalue weighted by Crippen LogP contribution is -2.24. The Labute approximate surface area is 169 Å². The summed E-state index contributed by atoms with van der Waals surface area (Å²) in [5.41, 5.74) is 2.28. The fraction of sp³-hybridized carbons (Fsp3) is 0.130. The fourth-order valence-electron chi connectivity index (χ4n) is 2.69. The molecule has 0 radical (unpaired) electrons. The average molecular weight is 394 g/mol. The van der Waals surface area contributed by atoms with Gasteiger partial charge in [-0.05, 0) is 35.4 Å². The third-order valence-electron chi connectivity index (χ3n) is 4.13. The summed E-state index contributed by atoms with van der Waals surface area (Å²) in [5.74, 6) is 0.0592. The average Bonchev–Trinajstić information content (AvgIpc) is 2.73. The van der Waals surface area contributed by atoms with Crippen LogP contribution in [0.1, 0.15) is 21.5 Å². The van der Waals surface area contributed by atoms with Crippen LogP contribution in [0.4, 0.5) is 0 Å². The van der Waals surface area contributed by atoms with Crippen molar-refractivity contribution in [3.8, 4) is 5.75 Å². The van der Waals surface area contributed by atoms with E-state index in [1.807, 2.05) is 42.5 Å². The highest BCUT2D eigenvalue weighted by molar-refractivity contribution is 6.30. The second kappa shape index (κ2) is 9.72. The van der Waals surface area contributed by atoms with Crippen molar-refractivity contribution in [3.05, 3.63) is 101 Å². The van der Waals surface area contributed by atoms with Crippen molar-refractivity contribution in [2.24, 2.45) is 0 Å². The van der Waals surface area contributed by atoms with Crippen molar-refractivity contribution < 1.29 is 14.3 Å². The number of hydrogen-bond acceptors (Lipinski definition) is 3. The first-order valence-electron chi connectivity index (χ1n) is 8.92.